The molecule has 1 N–H and O–H groups in total. The zero-order chi connectivity index (χ0) is 11.8. The number of nitriles is 1. The summed E-state index contributed by atoms with van der Waals surface area (Å²) in [5.41, 5.74) is 0. The summed E-state index contributed by atoms with van der Waals surface area (Å²) in [5.74, 6) is 0.198. The Bertz CT molecular complexity index is 259. The normalized spacial score (nSPS) is 21.4. The van der Waals surface area contributed by atoms with Gasteiger partial charge in [0, 0.05) is 13.1 Å². The van der Waals surface area contributed by atoms with Crippen molar-refractivity contribution in [3.05, 3.63) is 0 Å². The van der Waals surface area contributed by atoms with Crippen LogP contribution in [0.3, 0.4) is 0 Å². The Hall–Kier alpha value is -1.08. The third-order valence-corrected chi connectivity index (χ3v) is 2.91. The molecule has 1 amide bonds. The first-order chi connectivity index (χ1) is 7.76. The highest BCUT2D eigenvalue weighted by Crippen LogP contribution is 2.14. The molecule has 1 atom stereocenters. The van der Waals surface area contributed by atoms with Gasteiger partial charge in [-0.2, -0.15) is 5.26 Å². The predicted octanol–water partition coefficient (Wildman–Crippen LogP) is 1.14. The van der Waals surface area contributed by atoms with Crippen LogP contribution in [0.1, 0.15) is 32.6 Å². The minimum Gasteiger partial charge on any atom is -0.355 e. The third kappa shape index (κ3) is 4.63. The van der Waals surface area contributed by atoms with Gasteiger partial charge in [0.25, 0.3) is 0 Å². The fourth-order valence-corrected chi connectivity index (χ4v) is 1.97. The molecular weight excluding hydrogens is 202 g/mol. The number of nitrogens with one attached hydrogen (secondary N) is 1. The van der Waals surface area contributed by atoms with Crippen LogP contribution in [0.4, 0.5) is 0 Å². The Balaban J connectivity index is 2.20. The highest BCUT2D eigenvalue weighted by molar-refractivity contribution is 5.77. The van der Waals surface area contributed by atoms with Crippen molar-refractivity contribution in [1.29, 1.82) is 5.26 Å². The first kappa shape index (κ1) is 13.0. The van der Waals surface area contributed by atoms with Gasteiger partial charge >= 0.3 is 0 Å². The van der Waals surface area contributed by atoms with E-state index in [1.54, 1.807) is 0 Å². The molecule has 1 aliphatic heterocycles. The summed E-state index contributed by atoms with van der Waals surface area (Å²) in [4.78, 5) is 13.6. The average Bonchev–Trinajstić information content (AvgIpc) is 2.29. The fraction of sp³-hybridized carbons (Fsp3) is 0.833. The van der Waals surface area contributed by atoms with E-state index in [9.17, 15) is 4.79 Å². The van der Waals surface area contributed by atoms with Crippen LogP contribution in [0.5, 0.6) is 0 Å². The lowest BCUT2D eigenvalue weighted by molar-refractivity contribution is -0.122. The lowest BCUT2D eigenvalue weighted by Gasteiger charge is -2.28. The molecule has 0 bridgehead atoms. The average molecular weight is 223 g/mol. The van der Waals surface area contributed by atoms with Crippen LogP contribution in [0.15, 0.2) is 0 Å². The van der Waals surface area contributed by atoms with Gasteiger partial charge in [-0.15, -0.1) is 0 Å². The Morgan fingerprint density at radius 1 is 1.62 bits per heavy atom. The lowest BCUT2D eigenvalue weighted by Crippen LogP contribution is -2.42. The largest absolute Gasteiger partial charge is 0.355 e. The molecule has 0 saturated carbocycles. The van der Waals surface area contributed by atoms with Crippen LogP contribution in [-0.2, 0) is 4.79 Å². The minimum atomic E-state index is 0.0899. The van der Waals surface area contributed by atoms with Gasteiger partial charge in [0.2, 0.25) is 5.91 Å². The van der Waals surface area contributed by atoms with Crippen molar-refractivity contribution in [3.63, 3.8) is 0 Å². The van der Waals surface area contributed by atoms with E-state index in [1.807, 2.05) is 0 Å². The number of carbonyl (C=O) groups is 1. The second-order valence-electron chi connectivity index (χ2n) is 4.41. The lowest BCUT2D eigenvalue weighted by atomic mass is 10.00. The monoisotopic (exact) mass is 223 g/mol. The van der Waals surface area contributed by atoms with E-state index < -0.39 is 0 Å². The number of unbranched alkanes of at least 4 members (excludes halogenated alkanes) is 1. The van der Waals surface area contributed by atoms with Gasteiger partial charge in [-0.1, -0.05) is 13.3 Å². The van der Waals surface area contributed by atoms with Gasteiger partial charge < -0.3 is 5.32 Å². The number of rotatable bonds is 5. The first-order valence-electron chi connectivity index (χ1n) is 6.15. The Morgan fingerprint density at radius 2 is 2.44 bits per heavy atom. The van der Waals surface area contributed by atoms with Gasteiger partial charge in [-0.05, 0) is 25.8 Å². The molecule has 1 rings (SSSR count). The molecule has 0 aromatic heterocycles. The fourth-order valence-electron chi connectivity index (χ4n) is 1.97. The molecule has 0 aromatic rings. The maximum absolute atomic E-state index is 11.5. The van der Waals surface area contributed by atoms with Crippen molar-refractivity contribution in [3.8, 4) is 6.07 Å². The van der Waals surface area contributed by atoms with Crippen LogP contribution < -0.4 is 5.32 Å². The second kappa shape index (κ2) is 7.24. The molecule has 0 spiro atoms. The van der Waals surface area contributed by atoms with Gasteiger partial charge in [-0.3, -0.25) is 9.69 Å². The smallest absolute Gasteiger partial charge is 0.234 e. The van der Waals surface area contributed by atoms with Gasteiger partial charge in [0.05, 0.1) is 18.5 Å². The van der Waals surface area contributed by atoms with Crippen molar-refractivity contribution in [2.24, 2.45) is 5.92 Å². The number of amides is 1. The summed E-state index contributed by atoms with van der Waals surface area (Å²) < 4.78 is 0. The summed E-state index contributed by atoms with van der Waals surface area (Å²) in [5, 5.41) is 11.7. The zero-order valence-corrected chi connectivity index (χ0v) is 10.0. The number of carbonyl (C=O) groups excluding carboxylic acids is 1. The van der Waals surface area contributed by atoms with E-state index >= 15 is 0 Å². The molecule has 90 valence electrons. The summed E-state index contributed by atoms with van der Waals surface area (Å²) in [7, 11) is 0. The van der Waals surface area contributed by atoms with E-state index in [1.165, 1.54) is 0 Å². The summed E-state index contributed by atoms with van der Waals surface area (Å²) in [6.07, 6.45) is 4.14. The van der Waals surface area contributed by atoms with Crippen molar-refractivity contribution in [1.82, 2.24) is 10.2 Å². The van der Waals surface area contributed by atoms with Crippen LogP contribution in [-0.4, -0.2) is 37.0 Å². The van der Waals surface area contributed by atoms with Gasteiger partial charge in [0.1, 0.15) is 0 Å². The second-order valence-corrected chi connectivity index (χ2v) is 4.41. The zero-order valence-electron chi connectivity index (χ0n) is 10.0. The van der Waals surface area contributed by atoms with Gasteiger partial charge in [0.15, 0.2) is 0 Å². The summed E-state index contributed by atoms with van der Waals surface area (Å²) >= 11 is 0. The maximum atomic E-state index is 11.5. The number of hydrogen-bond donors (Lipinski definition) is 1. The van der Waals surface area contributed by atoms with E-state index in [2.05, 4.69) is 23.2 Å². The minimum absolute atomic E-state index is 0.0899. The molecule has 1 heterocycles. The molecule has 4 nitrogen and oxygen atoms in total. The molecule has 0 aromatic carbocycles. The van der Waals surface area contributed by atoms with Crippen LogP contribution >= 0.6 is 0 Å². The van der Waals surface area contributed by atoms with Crippen LogP contribution in [0.25, 0.3) is 0 Å². The summed E-state index contributed by atoms with van der Waals surface area (Å²) in [6.45, 7) is 5.01. The number of hydrogen-bond acceptors (Lipinski definition) is 3. The van der Waals surface area contributed by atoms with E-state index in [4.69, 9.17) is 5.26 Å². The number of nitrogens with zero attached hydrogens (tertiary/aromatic N) is 2. The quantitative estimate of drug-likeness (QED) is 0.711. The molecule has 16 heavy (non-hydrogen) atoms. The highest BCUT2D eigenvalue weighted by Gasteiger charge is 2.20. The first-order valence-corrected chi connectivity index (χ1v) is 6.15. The Labute approximate surface area is 97.6 Å². The topological polar surface area (TPSA) is 56.1 Å². The van der Waals surface area contributed by atoms with Crippen molar-refractivity contribution in [2.75, 3.05) is 26.2 Å². The Kier molecular flexibility index (Phi) is 5.87. The van der Waals surface area contributed by atoms with Crippen molar-refractivity contribution < 1.29 is 4.79 Å². The van der Waals surface area contributed by atoms with E-state index in [0.29, 0.717) is 6.54 Å². The van der Waals surface area contributed by atoms with E-state index in [0.717, 1.165) is 45.3 Å². The molecule has 1 fully saturated rings. The third-order valence-electron chi connectivity index (χ3n) is 2.91. The molecule has 1 aliphatic rings. The van der Waals surface area contributed by atoms with E-state index in [-0.39, 0.29) is 11.8 Å². The molecule has 4 heteroatoms. The van der Waals surface area contributed by atoms with Crippen molar-refractivity contribution >= 4 is 5.91 Å². The Morgan fingerprint density at radius 3 is 3.12 bits per heavy atom. The highest BCUT2D eigenvalue weighted by atomic mass is 16.2. The van der Waals surface area contributed by atoms with Crippen molar-refractivity contribution in [2.45, 2.75) is 32.6 Å². The maximum Gasteiger partial charge on any atom is 0.234 e. The molecule has 1 saturated heterocycles. The predicted molar refractivity (Wildman–Crippen MR) is 62.7 cm³/mol. The molecular formula is C12H21N3O. The van der Waals surface area contributed by atoms with Crippen LogP contribution in [0.2, 0.25) is 0 Å². The summed E-state index contributed by atoms with van der Waals surface area (Å²) in [6, 6.07) is 2.29. The molecule has 0 aliphatic carbocycles. The molecule has 0 radical (unpaired) electrons. The van der Waals surface area contributed by atoms with Gasteiger partial charge in [-0.25, -0.2) is 0 Å². The molecule has 1 unspecified atom stereocenters. The number of likely N-dealkylation sites (tertiary alicyclic amines) is 1. The van der Waals surface area contributed by atoms with Crippen LogP contribution in [0, 0.1) is 17.2 Å². The standard InChI is InChI=1S/C12H21N3O/c1-2-3-6-14-12(16)10-15-7-4-5-11(8-13)9-15/h11H,2-7,9-10H2,1H3,(H,14,16). The SMILES string of the molecule is CCCCNC(=O)CN1CCCC(C#N)C1. The number of piperidine rings is 1.